The molecule has 7 N–H and O–H groups in total. The second-order valence-corrected chi connectivity index (χ2v) is 25.4. The number of Topliss-reactive ketones (excluding diaryl/α,β-unsaturated/α-hetero) is 1. The number of carbonyl (C=O) groups excluding carboxylic acids is 2. The molecule has 7 aromatic carbocycles. The average molecular weight is 1180 g/mol. The van der Waals surface area contributed by atoms with Crippen molar-refractivity contribution in [3.05, 3.63) is 185 Å². The molecule has 0 fully saturated rings. The number of allylic oxidation sites excluding steroid dienone is 2. The van der Waals surface area contributed by atoms with Crippen LogP contribution in [0.25, 0.3) is 38.4 Å². The second-order valence-electron chi connectivity index (χ2n) is 22.4. The number of unbranched alkanes of at least 4 members (excludes halogenated alkanes) is 1. The number of carbonyl (C=O) groups is 2. The van der Waals surface area contributed by atoms with Crippen molar-refractivity contribution < 1.29 is 60.2 Å². The van der Waals surface area contributed by atoms with Gasteiger partial charge in [0, 0.05) is 75.4 Å². The highest BCUT2D eigenvalue weighted by Crippen LogP contribution is 2.45. The summed E-state index contributed by atoms with van der Waals surface area (Å²) in [6.45, 7) is 18.2. The van der Waals surface area contributed by atoms with E-state index in [4.69, 9.17) is 0 Å². The van der Waals surface area contributed by atoms with Crippen LogP contribution in [-0.2, 0) is 61.4 Å². The fourth-order valence-electron chi connectivity index (χ4n) is 11.6. The number of rotatable bonds is 28. The van der Waals surface area contributed by atoms with E-state index in [9.17, 15) is 55.6 Å². The molecule has 20 heteroatoms. The molecule has 0 bridgehead atoms. The Morgan fingerprint density at radius 3 is 1.76 bits per heavy atom. The Bertz CT molecular complexity index is 3980. The molecule has 1 heterocycles. The molecule has 84 heavy (non-hydrogen) atoms. The number of nitrogens with zero attached hydrogens (tertiary/aromatic N) is 3. The molecule has 16 nitrogen and oxygen atoms in total. The Morgan fingerprint density at radius 2 is 1.19 bits per heavy atom. The smallest absolute Gasteiger partial charge is 0.423 e. The molecule has 0 saturated carbocycles. The third-order valence-corrected chi connectivity index (χ3v) is 17.4. The Labute approximate surface area is 493 Å². The lowest BCUT2D eigenvalue weighted by Crippen LogP contribution is -2.36. The van der Waals surface area contributed by atoms with Crippen molar-refractivity contribution in [1.29, 1.82) is 0 Å². The van der Waals surface area contributed by atoms with Crippen LogP contribution < -0.4 is 16.2 Å². The van der Waals surface area contributed by atoms with E-state index in [-0.39, 0.29) is 29.6 Å². The zero-order valence-corrected chi connectivity index (χ0v) is 49.6. The van der Waals surface area contributed by atoms with Crippen LogP contribution in [0.5, 0.6) is 0 Å². The van der Waals surface area contributed by atoms with Gasteiger partial charge < -0.3 is 25.4 Å². The van der Waals surface area contributed by atoms with Gasteiger partial charge in [0.2, 0.25) is 11.6 Å². The monoisotopic (exact) mass is 1180 g/mol. The van der Waals surface area contributed by atoms with Gasteiger partial charge in [-0.25, -0.2) is 0 Å². The van der Waals surface area contributed by atoms with E-state index in [0.29, 0.717) is 99.0 Å². The van der Waals surface area contributed by atoms with Crippen LogP contribution in [0, 0.1) is 0 Å². The molecule has 8 rings (SSSR count). The quantitative estimate of drug-likeness (QED) is 0.00627. The number of amides is 1. The lowest BCUT2D eigenvalue weighted by atomic mass is 9.77. The number of hydrogen-bond acceptors (Lipinski definition) is 12. The van der Waals surface area contributed by atoms with Gasteiger partial charge >= 0.3 is 14.2 Å². The van der Waals surface area contributed by atoms with Crippen molar-refractivity contribution in [2.75, 3.05) is 31.9 Å². The first-order valence-electron chi connectivity index (χ1n) is 28.1. The third-order valence-electron chi connectivity index (χ3n) is 15.7. The van der Waals surface area contributed by atoms with Crippen LogP contribution in [0.3, 0.4) is 0 Å². The SMILES string of the molecule is C=C(C)C(=O)CCCCN(Cc1ccccc1B(O)O)Cc1c2ccccc2c(CN(CCCNC(=O)C(=C)C)Cc2ccccc2B(O)O)c2ccc(/C=C/C3=[N+](CCCS(=O)(=O)O)c4ccc5cc(S(=O)(=O)O)ccc5c4C3(C)C)cc12. The van der Waals surface area contributed by atoms with Crippen LogP contribution in [0.1, 0.15) is 93.2 Å². The minimum Gasteiger partial charge on any atom is -0.423 e. The fraction of sp³-hybridized carbons (Fsp3) is 0.297. The van der Waals surface area contributed by atoms with Gasteiger partial charge in [0.25, 0.3) is 20.2 Å². The minimum absolute atomic E-state index is 0.00276. The van der Waals surface area contributed by atoms with E-state index in [0.717, 1.165) is 71.7 Å². The Balaban J connectivity index is 1.30. The minimum atomic E-state index is -4.50. The van der Waals surface area contributed by atoms with Gasteiger partial charge in [0.15, 0.2) is 11.5 Å². The van der Waals surface area contributed by atoms with Crippen LogP contribution >= 0.6 is 0 Å². The first-order valence-corrected chi connectivity index (χ1v) is 31.1. The second kappa shape index (κ2) is 27.0. The summed E-state index contributed by atoms with van der Waals surface area (Å²) < 4.78 is 70.4. The lowest BCUT2D eigenvalue weighted by molar-refractivity contribution is -0.437. The Kier molecular flexibility index (Phi) is 20.3. The molecule has 1 amide bonds. The Hall–Kier alpha value is -6.94. The van der Waals surface area contributed by atoms with Gasteiger partial charge in [-0.05, 0) is 160 Å². The third kappa shape index (κ3) is 15.1. The first-order chi connectivity index (χ1) is 39.8. The van der Waals surface area contributed by atoms with Crippen molar-refractivity contribution in [2.24, 2.45) is 0 Å². The van der Waals surface area contributed by atoms with Gasteiger partial charge in [-0.3, -0.25) is 28.5 Å². The van der Waals surface area contributed by atoms with Crippen molar-refractivity contribution >= 4 is 107 Å². The predicted octanol–water partition coefficient (Wildman–Crippen LogP) is 7.52. The normalized spacial score (nSPS) is 13.4. The van der Waals surface area contributed by atoms with Crippen LogP contribution in [-0.4, -0.2) is 124 Å². The van der Waals surface area contributed by atoms with Crippen LogP contribution in [0.15, 0.2) is 157 Å². The molecule has 7 aromatic rings. The van der Waals surface area contributed by atoms with Gasteiger partial charge in [-0.1, -0.05) is 104 Å². The maximum absolute atomic E-state index is 12.7. The van der Waals surface area contributed by atoms with E-state index < -0.39 is 45.6 Å². The van der Waals surface area contributed by atoms with E-state index in [1.54, 1.807) is 50.2 Å². The molecule has 0 aromatic heterocycles. The number of ketones is 1. The fourth-order valence-corrected chi connectivity index (χ4v) is 12.6. The molecule has 1 aliphatic heterocycles. The van der Waals surface area contributed by atoms with Gasteiger partial charge in [0.1, 0.15) is 6.54 Å². The van der Waals surface area contributed by atoms with E-state index in [2.05, 4.69) is 52.5 Å². The standard InChI is InChI=1S/C64H72B2N4O12S2/c1-43(2)60(71)23-13-14-33-68(39-47-17-7-11-21-57(47)65(73)74)42-56-52-20-10-9-19-51(52)55(41-69(34-15-32-67-63(72)44(3)4)40-48-18-8-12-22-58(48)66(75)76)53-28-24-45(37-54(53)56)25-31-61-64(5,6)62-50-29-27-49(84(80,81)82)38-46(50)26-30-59(62)70(61)35-16-36-83(77,78)79/h7-12,17-22,24-31,37-38,73-76H,1,3,13-16,23,32-36,39-42H2,2,4-6H3,(H2-,67,72,77,78,79,80,81,82)/p+1/b31-25+. The summed E-state index contributed by atoms with van der Waals surface area (Å²) in [6, 6.07) is 36.9. The maximum atomic E-state index is 12.7. The highest BCUT2D eigenvalue weighted by atomic mass is 32.2. The molecule has 0 unspecified atom stereocenters. The van der Waals surface area contributed by atoms with Crippen LogP contribution in [0.2, 0.25) is 0 Å². The van der Waals surface area contributed by atoms with Gasteiger partial charge in [-0.2, -0.15) is 21.4 Å². The molecular formula is C64H73B2N4O12S2+. The number of benzene rings is 7. The summed E-state index contributed by atoms with van der Waals surface area (Å²) in [5, 5.41) is 50.2. The summed E-state index contributed by atoms with van der Waals surface area (Å²) >= 11 is 0. The molecule has 438 valence electrons. The highest BCUT2D eigenvalue weighted by Gasteiger charge is 2.45. The summed E-state index contributed by atoms with van der Waals surface area (Å²) in [6.07, 6.45) is 6.28. The summed E-state index contributed by atoms with van der Waals surface area (Å²) in [5.41, 5.74) is 7.62. The van der Waals surface area contributed by atoms with Crippen molar-refractivity contribution in [3.8, 4) is 0 Å². The van der Waals surface area contributed by atoms with Crippen LogP contribution in [0.4, 0.5) is 5.69 Å². The number of nitrogens with one attached hydrogen (secondary N) is 1. The molecule has 0 spiro atoms. The maximum Gasteiger partial charge on any atom is 0.488 e. The zero-order valence-electron chi connectivity index (χ0n) is 48.0. The van der Waals surface area contributed by atoms with Crippen molar-refractivity contribution in [3.63, 3.8) is 0 Å². The van der Waals surface area contributed by atoms with E-state index in [1.807, 2.05) is 79.1 Å². The average Bonchev–Trinajstić information content (AvgIpc) is 1.69. The molecule has 0 aliphatic carbocycles. The lowest BCUT2D eigenvalue weighted by Gasteiger charge is -2.28. The van der Waals surface area contributed by atoms with Crippen molar-refractivity contribution in [2.45, 2.75) is 96.3 Å². The molecule has 0 atom stereocenters. The molecule has 0 radical (unpaired) electrons. The van der Waals surface area contributed by atoms with Gasteiger partial charge in [0.05, 0.1) is 16.1 Å². The summed E-state index contributed by atoms with van der Waals surface area (Å²) in [4.78, 5) is 29.6. The summed E-state index contributed by atoms with van der Waals surface area (Å²) in [7, 11) is -12.2. The van der Waals surface area contributed by atoms with Gasteiger partial charge in [-0.15, -0.1) is 0 Å². The first kappa shape index (κ1) is 63.1. The molecular weight excluding hydrogens is 1100 g/mol. The largest absolute Gasteiger partial charge is 0.488 e. The highest BCUT2D eigenvalue weighted by molar-refractivity contribution is 7.86. The van der Waals surface area contributed by atoms with Crippen molar-refractivity contribution in [1.82, 2.24) is 15.1 Å². The van der Waals surface area contributed by atoms with E-state index >= 15 is 0 Å². The number of fused-ring (bicyclic) bond motifs is 5. The number of hydrogen-bond donors (Lipinski definition) is 7. The zero-order chi connectivity index (χ0) is 60.7. The Morgan fingerprint density at radius 1 is 0.631 bits per heavy atom. The molecule has 0 saturated heterocycles. The topological polar surface area (TPSA) is 245 Å². The van der Waals surface area contributed by atoms with E-state index in [1.165, 1.54) is 12.1 Å². The molecule has 1 aliphatic rings. The predicted molar refractivity (Wildman–Crippen MR) is 335 cm³/mol. The summed E-state index contributed by atoms with van der Waals surface area (Å²) in [5.74, 6) is -0.718.